The number of hydrogen-bond acceptors (Lipinski definition) is 2. The predicted molar refractivity (Wildman–Crippen MR) is 73.4 cm³/mol. The van der Waals surface area contributed by atoms with E-state index in [4.69, 9.17) is 0 Å². The molecule has 1 saturated carbocycles. The third kappa shape index (κ3) is 2.91. The van der Waals surface area contributed by atoms with Crippen LogP contribution in [0.15, 0.2) is 30.3 Å². The van der Waals surface area contributed by atoms with Crippen LogP contribution in [0.1, 0.15) is 24.8 Å². The monoisotopic (exact) mass is 246 g/mol. The van der Waals surface area contributed by atoms with Crippen LogP contribution in [0.25, 0.3) is 0 Å². The van der Waals surface area contributed by atoms with Crippen molar-refractivity contribution >= 4 is 5.91 Å². The number of hydrogen-bond donors (Lipinski definition) is 2. The molecule has 0 heterocycles. The Hall–Kier alpha value is -1.35. The summed E-state index contributed by atoms with van der Waals surface area (Å²) in [4.78, 5) is 12.3. The minimum absolute atomic E-state index is 0.144. The van der Waals surface area contributed by atoms with E-state index in [1.54, 1.807) is 0 Å². The third-order valence-electron chi connectivity index (χ3n) is 3.84. The lowest BCUT2D eigenvalue weighted by molar-refractivity contribution is -0.135. The summed E-state index contributed by atoms with van der Waals surface area (Å²) in [5.74, 6) is 0.229. The maximum atomic E-state index is 12.3. The van der Waals surface area contributed by atoms with Gasteiger partial charge in [-0.05, 0) is 31.9 Å². The highest BCUT2D eigenvalue weighted by Gasteiger charge is 2.43. The van der Waals surface area contributed by atoms with Gasteiger partial charge < -0.3 is 10.6 Å². The van der Waals surface area contributed by atoms with Crippen LogP contribution in [0.2, 0.25) is 0 Å². The molecule has 3 heteroatoms. The van der Waals surface area contributed by atoms with Crippen LogP contribution in [-0.2, 0) is 11.2 Å². The second-order valence-electron chi connectivity index (χ2n) is 5.16. The number of amides is 1. The van der Waals surface area contributed by atoms with Gasteiger partial charge in [-0.15, -0.1) is 0 Å². The standard InChI is InChI=1S/C15H22N2O/c1-16-10-11-17-14(18)15(8-5-9-15)12-13-6-3-2-4-7-13/h2-4,6-7,16H,5,8-12H2,1H3,(H,17,18). The van der Waals surface area contributed by atoms with Gasteiger partial charge in [0.25, 0.3) is 0 Å². The molecule has 18 heavy (non-hydrogen) atoms. The summed E-state index contributed by atoms with van der Waals surface area (Å²) in [6.07, 6.45) is 4.09. The summed E-state index contributed by atoms with van der Waals surface area (Å²) in [7, 11) is 1.90. The zero-order valence-corrected chi connectivity index (χ0v) is 11.0. The van der Waals surface area contributed by atoms with E-state index in [0.29, 0.717) is 6.54 Å². The number of benzene rings is 1. The SMILES string of the molecule is CNCCNC(=O)C1(Cc2ccccc2)CCC1. The van der Waals surface area contributed by atoms with Gasteiger partial charge in [0.05, 0.1) is 5.41 Å². The number of nitrogens with one attached hydrogen (secondary N) is 2. The Bertz CT molecular complexity index is 385. The normalized spacial score (nSPS) is 16.9. The molecule has 1 fully saturated rings. The average Bonchev–Trinajstić information content (AvgIpc) is 2.35. The summed E-state index contributed by atoms with van der Waals surface area (Å²) >= 11 is 0. The second kappa shape index (κ2) is 6.01. The van der Waals surface area contributed by atoms with Crippen molar-refractivity contribution in [3.63, 3.8) is 0 Å². The highest BCUT2D eigenvalue weighted by atomic mass is 16.2. The predicted octanol–water partition coefficient (Wildman–Crippen LogP) is 1.73. The van der Waals surface area contributed by atoms with Crippen molar-refractivity contribution in [1.29, 1.82) is 0 Å². The Morgan fingerprint density at radius 3 is 2.50 bits per heavy atom. The van der Waals surface area contributed by atoms with Crippen LogP contribution in [0, 0.1) is 5.41 Å². The van der Waals surface area contributed by atoms with E-state index in [9.17, 15) is 4.79 Å². The molecular formula is C15H22N2O. The zero-order valence-electron chi connectivity index (χ0n) is 11.0. The molecule has 0 aromatic heterocycles. The van der Waals surface area contributed by atoms with Gasteiger partial charge in [0.15, 0.2) is 0 Å². The van der Waals surface area contributed by atoms with Gasteiger partial charge in [0.1, 0.15) is 0 Å². The zero-order chi connectivity index (χ0) is 12.8. The topological polar surface area (TPSA) is 41.1 Å². The second-order valence-corrected chi connectivity index (χ2v) is 5.16. The Balaban J connectivity index is 1.95. The highest BCUT2D eigenvalue weighted by Crippen LogP contribution is 2.43. The number of carbonyl (C=O) groups is 1. The van der Waals surface area contributed by atoms with E-state index in [-0.39, 0.29) is 11.3 Å². The minimum atomic E-state index is -0.144. The van der Waals surface area contributed by atoms with E-state index < -0.39 is 0 Å². The molecule has 2 N–H and O–H groups in total. The molecule has 98 valence electrons. The lowest BCUT2D eigenvalue weighted by Gasteiger charge is -2.40. The highest BCUT2D eigenvalue weighted by molar-refractivity contribution is 5.83. The molecule has 0 aliphatic heterocycles. The fourth-order valence-corrected chi connectivity index (χ4v) is 2.56. The van der Waals surface area contributed by atoms with Crippen LogP contribution in [-0.4, -0.2) is 26.0 Å². The summed E-state index contributed by atoms with van der Waals surface area (Å²) in [6, 6.07) is 10.3. The number of likely N-dealkylation sites (N-methyl/N-ethyl adjacent to an activating group) is 1. The van der Waals surface area contributed by atoms with Crippen LogP contribution in [0.5, 0.6) is 0 Å². The van der Waals surface area contributed by atoms with Crippen molar-refractivity contribution in [2.45, 2.75) is 25.7 Å². The molecule has 0 spiro atoms. The fourth-order valence-electron chi connectivity index (χ4n) is 2.56. The van der Waals surface area contributed by atoms with E-state index in [1.807, 2.05) is 25.2 Å². The van der Waals surface area contributed by atoms with Crippen LogP contribution in [0.4, 0.5) is 0 Å². The smallest absolute Gasteiger partial charge is 0.226 e. The molecule has 3 nitrogen and oxygen atoms in total. The molecule has 2 rings (SSSR count). The minimum Gasteiger partial charge on any atom is -0.354 e. The first-order valence-corrected chi connectivity index (χ1v) is 6.74. The molecule has 1 amide bonds. The molecular weight excluding hydrogens is 224 g/mol. The van der Waals surface area contributed by atoms with E-state index in [2.05, 4.69) is 22.8 Å². The molecule has 0 saturated heterocycles. The third-order valence-corrected chi connectivity index (χ3v) is 3.84. The molecule has 0 bridgehead atoms. The van der Waals surface area contributed by atoms with E-state index in [0.717, 1.165) is 25.8 Å². The molecule has 0 atom stereocenters. The van der Waals surface area contributed by atoms with Crippen molar-refractivity contribution < 1.29 is 4.79 Å². The molecule has 1 aromatic rings. The lowest BCUT2D eigenvalue weighted by atomic mass is 9.64. The Kier molecular flexibility index (Phi) is 4.37. The van der Waals surface area contributed by atoms with Gasteiger partial charge in [-0.3, -0.25) is 4.79 Å². The van der Waals surface area contributed by atoms with Crippen molar-refractivity contribution in [3.8, 4) is 0 Å². The summed E-state index contributed by atoms with van der Waals surface area (Å²) in [5, 5.41) is 6.09. The lowest BCUT2D eigenvalue weighted by Crippen LogP contribution is -2.48. The molecule has 0 radical (unpaired) electrons. The van der Waals surface area contributed by atoms with Crippen molar-refractivity contribution in [3.05, 3.63) is 35.9 Å². The van der Waals surface area contributed by atoms with Gasteiger partial charge in [-0.2, -0.15) is 0 Å². The Morgan fingerprint density at radius 1 is 1.22 bits per heavy atom. The van der Waals surface area contributed by atoms with Crippen LogP contribution >= 0.6 is 0 Å². The summed E-state index contributed by atoms with van der Waals surface area (Å²) in [5.41, 5.74) is 1.12. The van der Waals surface area contributed by atoms with E-state index in [1.165, 1.54) is 12.0 Å². The van der Waals surface area contributed by atoms with Crippen molar-refractivity contribution in [2.24, 2.45) is 5.41 Å². The number of carbonyl (C=O) groups excluding carboxylic acids is 1. The first-order chi connectivity index (χ1) is 8.77. The van der Waals surface area contributed by atoms with Gasteiger partial charge in [-0.25, -0.2) is 0 Å². The van der Waals surface area contributed by atoms with Gasteiger partial charge >= 0.3 is 0 Å². The largest absolute Gasteiger partial charge is 0.354 e. The van der Waals surface area contributed by atoms with Gasteiger partial charge in [0.2, 0.25) is 5.91 Å². The van der Waals surface area contributed by atoms with Gasteiger partial charge in [0, 0.05) is 13.1 Å². The molecule has 1 aromatic carbocycles. The van der Waals surface area contributed by atoms with Crippen molar-refractivity contribution in [1.82, 2.24) is 10.6 Å². The Labute approximate surface area is 109 Å². The van der Waals surface area contributed by atoms with Gasteiger partial charge in [-0.1, -0.05) is 36.8 Å². The maximum Gasteiger partial charge on any atom is 0.226 e. The quantitative estimate of drug-likeness (QED) is 0.751. The molecule has 0 unspecified atom stereocenters. The fraction of sp³-hybridized carbons (Fsp3) is 0.533. The molecule has 1 aliphatic carbocycles. The first-order valence-electron chi connectivity index (χ1n) is 6.74. The molecule has 1 aliphatic rings. The number of rotatable bonds is 6. The maximum absolute atomic E-state index is 12.3. The van der Waals surface area contributed by atoms with Crippen LogP contribution < -0.4 is 10.6 Å². The first kappa shape index (κ1) is 13.1. The van der Waals surface area contributed by atoms with Crippen LogP contribution in [0.3, 0.4) is 0 Å². The summed E-state index contributed by atoms with van der Waals surface area (Å²) < 4.78 is 0. The van der Waals surface area contributed by atoms with E-state index >= 15 is 0 Å². The average molecular weight is 246 g/mol. The Morgan fingerprint density at radius 2 is 1.94 bits per heavy atom. The van der Waals surface area contributed by atoms with Crippen molar-refractivity contribution in [2.75, 3.05) is 20.1 Å². The summed E-state index contributed by atoms with van der Waals surface area (Å²) in [6.45, 7) is 1.54.